The Bertz CT molecular complexity index is 758. The molecule has 0 saturated heterocycles. The summed E-state index contributed by atoms with van der Waals surface area (Å²) in [4.78, 5) is 3.32. The van der Waals surface area contributed by atoms with Crippen molar-refractivity contribution in [2.45, 2.75) is 0 Å². The van der Waals surface area contributed by atoms with Gasteiger partial charge in [0.1, 0.15) is 11.6 Å². The summed E-state index contributed by atoms with van der Waals surface area (Å²) in [5.74, 6) is 0.897. The van der Waals surface area contributed by atoms with Gasteiger partial charge >= 0.3 is 0 Å². The van der Waals surface area contributed by atoms with E-state index in [1.165, 1.54) is 0 Å². The molecule has 0 fully saturated rings. The van der Waals surface area contributed by atoms with Crippen LogP contribution in [0, 0.1) is 5.41 Å². The minimum Gasteiger partial charge on any atom is -0.497 e. The largest absolute Gasteiger partial charge is 0.497 e. The Morgan fingerprint density at radius 1 is 1.11 bits per heavy atom. The first kappa shape index (κ1) is 10.7. The number of aromatic amines is 1. The van der Waals surface area contributed by atoms with Crippen molar-refractivity contribution in [3.63, 3.8) is 0 Å². The van der Waals surface area contributed by atoms with Crippen LogP contribution in [-0.4, -0.2) is 17.9 Å². The molecule has 0 spiro atoms. The van der Waals surface area contributed by atoms with Crippen LogP contribution in [0.2, 0.25) is 0 Å². The first-order valence-electron chi connectivity index (χ1n) is 5.63. The zero-order chi connectivity index (χ0) is 12.7. The number of aromatic nitrogens is 1. The number of benzene rings is 2. The molecule has 4 nitrogen and oxygen atoms in total. The maximum Gasteiger partial charge on any atom is 0.122 e. The molecule has 4 heteroatoms. The lowest BCUT2D eigenvalue weighted by molar-refractivity contribution is 0.415. The molecule has 0 radical (unpaired) electrons. The second-order valence-electron chi connectivity index (χ2n) is 4.21. The predicted octanol–water partition coefficient (Wildman–Crippen LogP) is 2.61. The molecule has 0 aliphatic carbocycles. The zero-order valence-electron chi connectivity index (χ0n) is 9.95. The van der Waals surface area contributed by atoms with Gasteiger partial charge in [-0.05, 0) is 18.2 Å². The number of rotatable bonds is 2. The number of nitrogens with one attached hydrogen (secondary N) is 2. The molecule has 0 bridgehead atoms. The van der Waals surface area contributed by atoms with Crippen molar-refractivity contribution in [1.82, 2.24) is 4.98 Å². The monoisotopic (exact) mass is 239 g/mol. The fourth-order valence-electron chi connectivity index (χ4n) is 2.18. The number of hydrogen-bond acceptors (Lipinski definition) is 2. The molecule has 2 aromatic carbocycles. The molecule has 3 aromatic rings. The summed E-state index contributed by atoms with van der Waals surface area (Å²) in [5.41, 5.74) is 8.21. The van der Waals surface area contributed by atoms with Crippen LogP contribution < -0.4 is 10.5 Å². The van der Waals surface area contributed by atoms with Gasteiger partial charge in [-0.25, -0.2) is 0 Å². The number of methoxy groups -OCH3 is 1. The number of nitrogens with two attached hydrogens (primary N) is 1. The minimum absolute atomic E-state index is 0.0770. The molecule has 4 N–H and O–H groups in total. The average Bonchev–Trinajstić information content (AvgIpc) is 2.74. The van der Waals surface area contributed by atoms with Crippen LogP contribution in [0.3, 0.4) is 0 Å². The second-order valence-corrected chi connectivity index (χ2v) is 4.21. The van der Waals surface area contributed by atoms with Crippen molar-refractivity contribution in [3.05, 3.63) is 42.0 Å². The van der Waals surface area contributed by atoms with Gasteiger partial charge in [0, 0.05) is 27.9 Å². The lowest BCUT2D eigenvalue weighted by Crippen LogP contribution is -2.10. The molecule has 0 saturated carbocycles. The standard InChI is InChI=1S/C14H13N3O/c1-18-9-3-5-11-10-4-2-8(14(15)16)6-12(10)17-13(11)7-9/h2-7,17H,1H3,(H3,15,16). The number of fused-ring (bicyclic) bond motifs is 3. The summed E-state index contributed by atoms with van der Waals surface area (Å²) < 4.78 is 5.21. The highest BCUT2D eigenvalue weighted by atomic mass is 16.5. The number of amidine groups is 1. The topological polar surface area (TPSA) is 74.9 Å². The number of hydrogen-bond donors (Lipinski definition) is 3. The van der Waals surface area contributed by atoms with Gasteiger partial charge < -0.3 is 15.5 Å². The summed E-state index contributed by atoms with van der Waals surface area (Å²) >= 11 is 0. The van der Waals surface area contributed by atoms with E-state index in [2.05, 4.69) is 4.98 Å². The fourth-order valence-corrected chi connectivity index (χ4v) is 2.18. The highest BCUT2D eigenvalue weighted by Crippen LogP contribution is 2.28. The summed E-state index contributed by atoms with van der Waals surface area (Å²) in [6, 6.07) is 11.7. The Kier molecular flexibility index (Phi) is 2.23. The summed E-state index contributed by atoms with van der Waals surface area (Å²) in [6.07, 6.45) is 0. The van der Waals surface area contributed by atoms with Gasteiger partial charge in [0.25, 0.3) is 0 Å². The van der Waals surface area contributed by atoms with E-state index in [4.69, 9.17) is 15.9 Å². The normalized spacial score (nSPS) is 10.9. The molecule has 90 valence electrons. The molecule has 3 rings (SSSR count). The van der Waals surface area contributed by atoms with E-state index in [9.17, 15) is 0 Å². The predicted molar refractivity (Wildman–Crippen MR) is 73.4 cm³/mol. The van der Waals surface area contributed by atoms with Gasteiger partial charge in [-0.1, -0.05) is 12.1 Å². The van der Waals surface area contributed by atoms with E-state index in [-0.39, 0.29) is 5.84 Å². The van der Waals surface area contributed by atoms with Gasteiger partial charge in [0.05, 0.1) is 12.6 Å². The molecule has 18 heavy (non-hydrogen) atoms. The molecule has 0 aliphatic heterocycles. The van der Waals surface area contributed by atoms with E-state index in [0.29, 0.717) is 0 Å². The summed E-state index contributed by atoms with van der Waals surface area (Å²) in [5, 5.41) is 9.72. The molecular formula is C14H13N3O. The lowest BCUT2D eigenvalue weighted by Gasteiger charge is -1.98. The molecule has 0 aliphatic rings. The van der Waals surface area contributed by atoms with E-state index in [1.807, 2.05) is 36.4 Å². The van der Waals surface area contributed by atoms with Crippen LogP contribution in [0.25, 0.3) is 21.8 Å². The molecule has 1 heterocycles. The minimum atomic E-state index is 0.0770. The van der Waals surface area contributed by atoms with Crippen molar-refractivity contribution in [1.29, 1.82) is 5.41 Å². The molecule has 1 aromatic heterocycles. The number of H-pyrrole nitrogens is 1. The lowest BCUT2D eigenvalue weighted by atomic mass is 10.1. The third-order valence-corrected chi connectivity index (χ3v) is 3.12. The third-order valence-electron chi connectivity index (χ3n) is 3.12. The first-order chi connectivity index (χ1) is 8.69. The van der Waals surface area contributed by atoms with Gasteiger partial charge in [-0.2, -0.15) is 0 Å². The third kappa shape index (κ3) is 1.50. The SMILES string of the molecule is COc1ccc2c(c1)[nH]c1cc(C(=N)N)ccc12. The smallest absolute Gasteiger partial charge is 0.122 e. The van der Waals surface area contributed by atoms with E-state index in [1.54, 1.807) is 7.11 Å². The Balaban J connectivity index is 2.31. The highest BCUT2D eigenvalue weighted by Gasteiger charge is 2.06. The van der Waals surface area contributed by atoms with E-state index < -0.39 is 0 Å². The number of ether oxygens (including phenoxy) is 1. The quantitative estimate of drug-likeness (QED) is 0.475. The Morgan fingerprint density at radius 2 is 1.78 bits per heavy atom. The van der Waals surface area contributed by atoms with Gasteiger partial charge in [0.2, 0.25) is 0 Å². The maximum absolute atomic E-state index is 7.45. The Morgan fingerprint density at radius 3 is 2.44 bits per heavy atom. The van der Waals surface area contributed by atoms with Crippen molar-refractivity contribution in [2.24, 2.45) is 5.73 Å². The zero-order valence-corrected chi connectivity index (χ0v) is 9.95. The van der Waals surface area contributed by atoms with Crippen molar-refractivity contribution in [3.8, 4) is 5.75 Å². The van der Waals surface area contributed by atoms with Crippen LogP contribution >= 0.6 is 0 Å². The fraction of sp³-hybridized carbons (Fsp3) is 0.0714. The van der Waals surface area contributed by atoms with Crippen LogP contribution in [0.15, 0.2) is 36.4 Å². The van der Waals surface area contributed by atoms with Crippen molar-refractivity contribution in [2.75, 3.05) is 7.11 Å². The average molecular weight is 239 g/mol. The summed E-state index contributed by atoms with van der Waals surface area (Å²) in [6.45, 7) is 0. The molecule has 0 amide bonds. The summed E-state index contributed by atoms with van der Waals surface area (Å²) in [7, 11) is 1.65. The van der Waals surface area contributed by atoms with Gasteiger partial charge in [0.15, 0.2) is 0 Å². The Labute approximate surface area is 104 Å². The van der Waals surface area contributed by atoms with Crippen LogP contribution in [-0.2, 0) is 0 Å². The van der Waals surface area contributed by atoms with Crippen LogP contribution in [0.1, 0.15) is 5.56 Å². The molecule has 0 unspecified atom stereocenters. The molecule has 0 atom stereocenters. The van der Waals surface area contributed by atoms with E-state index in [0.717, 1.165) is 33.1 Å². The van der Waals surface area contributed by atoms with Crippen molar-refractivity contribution >= 4 is 27.6 Å². The van der Waals surface area contributed by atoms with E-state index >= 15 is 0 Å². The van der Waals surface area contributed by atoms with Crippen LogP contribution in [0.5, 0.6) is 5.75 Å². The highest BCUT2D eigenvalue weighted by molar-refractivity contribution is 6.09. The number of nitrogen functional groups attached to an aromatic ring is 1. The molecular weight excluding hydrogens is 226 g/mol. The van der Waals surface area contributed by atoms with Crippen LogP contribution in [0.4, 0.5) is 0 Å². The van der Waals surface area contributed by atoms with Gasteiger partial charge in [-0.3, -0.25) is 5.41 Å². The van der Waals surface area contributed by atoms with Crippen molar-refractivity contribution < 1.29 is 4.74 Å². The Hall–Kier alpha value is -2.49. The first-order valence-corrected chi connectivity index (χ1v) is 5.63. The second kappa shape index (κ2) is 3.77. The van der Waals surface area contributed by atoms with Gasteiger partial charge in [-0.15, -0.1) is 0 Å². The maximum atomic E-state index is 7.45.